The molecule has 0 saturated heterocycles. The first-order chi connectivity index (χ1) is 12.5. The molecule has 0 bridgehead atoms. The van der Waals surface area contributed by atoms with Gasteiger partial charge in [-0.15, -0.1) is 0 Å². The Kier molecular flexibility index (Phi) is 5.50. The van der Waals surface area contributed by atoms with Crippen molar-refractivity contribution in [1.29, 1.82) is 5.26 Å². The molecule has 26 heavy (non-hydrogen) atoms. The molecule has 0 aliphatic carbocycles. The largest absolute Gasteiger partial charge is 0.495 e. The first kappa shape index (κ1) is 18.3. The van der Waals surface area contributed by atoms with Gasteiger partial charge in [0.1, 0.15) is 5.75 Å². The Bertz CT molecular complexity index is 1060. The first-order valence-electron chi connectivity index (χ1n) is 7.93. The Hall–Kier alpha value is -2.49. The molecule has 7 heteroatoms. The summed E-state index contributed by atoms with van der Waals surface area (Å²) >= 11 is 7.62. The lowest BCUT2D eigenvalue weighted by atomic mass is 10.2. The molecule has 0 fully saturated rings. The standard InChI is InChI=1S/C19H16ClN3O2S/c1-12(10-21)11-26-19-22-16-6-4-3-5-14(16)18(24)23(19)13-7-8-17(25-2)15(20)9-13/h3-9,12H,11H2,1-2H3/t12-/m1/s1. The fraction of sp³-hybridized carbons (Fsp3) is 0.211. The number of para-hydroxylation sites is 1. The zero-order valence-electron chi connectivity index (χ0n) is 14.3. The topological polar surface area (TPSA) is 67.9 Å². The van der Waals surface area contributed by atoms with Crippen molar-refractivity contribution >= 4 is 34.3 Å². The lowest BCUT2D eigenvalue weighted by molar-refractivity contribution is 0.415. The van der Waals surface area contributed by atoms with Crippen molar-refractivity contribution in [2.45, 2.75) is 12.1 Å². The van der Waals surface area contributed by atoms with E-state index in [2.05, 4.69) is 11.1 Å². The number of nitriles is 1. The van der Waals surface area contributed by atoms with E-state index in [9.17, 15) is 4.79 Å². The summed E-state index contributed by atoms with van der Waals surface area (Å²) in [6, 6.07) is 14.6. The number of fused-ring (bicyclic) bond motifs is 1. The van der Waals surface area contributed by atoms with Crippen LogP contribution in [0.15, 0.2) is 52.4 Å². The normalized spacial score (nSPS) is 11.9. The first-order valence-corrected chi connectivity index (χ1v) is 9.29. The highest BCUT2D eigenvalue weighted by atomic mass is 35.5. The molecular weight excluding hydrogens is 370 g/mol. The number of rotatable bonds is 5. The second kappa shape index (κ2) is 7.81. The van der Waals surface area contributed by atoms with Crippen LogP contribution in [-0.4, -0.2) is 22.4 Å². The second-order valence-corrected chi connectivity index (χ2v) is 7.11. The summed E-state index contributed by atoms with van der Waals surface area (Å²) in [7, 11) is 1.54. The Balaban J connectivity index is 2.21. The summed E-state index contributed by atoms with van der Waals surface area (Å²) in [4.78, 5) is 17.7. The molecule has 0 unspecified atom stereocenters. The van der Waals surface area contributed by atoms with Gasteiger partial charge in [0, 0.05) is 5.75 Å². The molecule has 0 aliphatic heterocycles. The van der Waals surface area contributed by atoms with Gasteiger partial charge < -0.3 is 4.74 Å². The van der Waals surface area contributed by atoms with Crippen molar-refractivity contribution < 1.29 is 4.74 Å². The number of nitrogens with zero attached hydrogens (tertiary/aromatic N) is 3. The number of hydrogen-bond donors (Lipinski definition) is 0. The van der Waals surface area contributed by atoms with Gasteiger partial charge in [-0.3, -0.25) is 9.36 Å². The van der Waals surface area contributed by atoms with Crippen LogP contribution in [0.25, 0.3) is 16.6 Å². The van der Waals surface area contributed by atoms with Gasteiger partial charge >= 0.3 is 0 Å². The summed E-state index contributed by atoms with van der Waals surface area (Å²) in [6.45, 7) is 1.83. The number of methoxy groups -OCH3 is 1. The van der Waals surface area contributed by atoms with Crippen molar-refractivity contribution in [3.05, 3.63) is 57.8 Å². The highest BCUT2D eigenvalue weighted by molar-refractivity contribution is 7.99. The van der Waals surface area contributed by atoms with Crippen LogP contribution in [-0.2, 0) is 0 Å². The smallest absolute Gasteiger partial charge is 0.266 e. The van der Waals surface area contributed by atoms with Crippen LogP contribution in [0.3, 0.4) is 0 Å². The van der Waals surface area contributed by atoms with Crippen LogP contribution in [0.4, 0.5) is 0 Å². The quantitative estimate of drug-likeness (QED) is 0.483. The molecule has 0 N–H and O–H groups in total. The Morgan fingerprint density at radius 3 is 2.81 bits per heavy atom. The van der Waals surface area contributed by atoms with Crippen LogP contribution < -0.4 is 10.3 Å². The second-order valence-electron chi connectivity index (χ2n) is 5.71. The van der Waals surface area contributed by atoms with Crippen molar-refractivity contribution in [1.82, 2.24) is 9.55 Å². The SMILES string of the molecule is COc1ccc(-n2c(SC[C@H](C)C#N)nc3ccccc3c2=O)cc1Cl. The molecule has 0 radical (unpaired) electrons. The third-order valence-electron chi connectivity index (χ3n) is 3.82. The maximum Gasteiger partial charge on any atom is 0.266 e. The molecule has 0 amide bonds. The van der Waals surface area contributed by atoms with Crippen LogP contribution in [0, 0.1) is 17.2 Å². The number of halogens is 1. The van der Waals surface area contributed by atoms with E-state index in [1.807, 2.05) is 13.0 Å². The fourth-order valence-electron chi connectivity index (χ4n) is 2.47. The molecule has 1 heterocycles. The van der Waals surface area contributed by atoms with E-state index >= 15 is 0 Å². The summed E-state index contributed by atoms with van der Waals surface area (Å²) in [5, 5.41) is 10.5. The minimum Gasteiger partial charge on any atom is -0.495 e. The number of benzene rings is 2. The summed E-state index contributed by atoms with van der Waals surface area (Å²) < 4.78 is 6.71. The van der Waals surface area contributed by atoms with Crippen molar-refractivity contribution in [3.63, 3.8) is 0 Å². The zero-order valence-corrected chi connectivity index (χ0v) is 15.8. The molecule has 3 rings (SSSR count). The zero-order chi connectivity index (χ0) is 18.7. The van der Waals surface area contributed by atoms with Crippen molar-refractivity contribution in [2.75, 3.05) is 12.9 Å². The molecule has 0 aliphatic rings. The summed E-state index contributed by atoms with van der Waals surface area (Å²) in [5.74, 6) is 0.909. The molecular formula is C19H16ClN3O2S. The molecule has 1 aromatic heterocycles. The van der Waals surface area contributed by atoms with Gasteiger partial charge in [-0.25, -0.2) is 4.98 Å². The van der Waals surface area contributed by atoms with Gasteiger partial charge in [0.2, 0.25) is 0 Å². The van der Waals surface area contributed by atoms with Gasteiger partial charge in [-0.1, -0.05) is 35.5 Å². The van der Waals surface area contributed by atoms with Crippen LogP contribution >= 0.6 is 23.4 Å². The third kappa shape index (κ3) is 3.55. The predicted molar refractivity (Wildman–Crippen MR) is 104 cm³/mol. The number of hydrogen-bond acceptors (Lipinski definition) is 5. The van der Waals surface area contributed by atoms with E-state index in [0.29, 0.717) is 38.3 Å². The Morgan fingerprint density at radius 1 is 1.35 bits per heavy atom. The number of ether oxygens (including phenoxy) is 1. The van der Waals surface area contributed by atoms with E-state index in [4.69, 9.17) is 21.6 Å². The summed E-state index contributed by atoms with van der Waals surface area (Å²) in [6.07, 6.45) is 0. The van der Waals surface area contributed by atoms with E-state index in [-0.39, 0.29) is 11.5 Å². The van der Waals surface area contributed by atoms with Gasteiger partial charge in [-0.05, 0) is 37.3 Å². The maximum atomic E-state index is 13.1. The molecule has 0 saturated carbocycles. The molecule has 1 atom stereocenters. The lowest BCUT2D eigenvalue weighted by Gasteiger charge is -2.14. The van der Waals surface area contributed by atoms with Gasteiger partial charge in [0.15, 0.2) is 5.16 Å². The Labute approximate surface area is 160 Å². The van der Waals surface area contributed by atoms with Gasteiger partial charge in [-0.2, -0.15) is 5.26 Å². The molecule has 2 aromatic carbocycles. The predicted octanol–water partition coefficient (Wildman–Crippen LogP) is 4.30. The molecule has 5 nitrogen and oxygen atoms in total. The molecule has 132 valence electrons. The van der Waals surface area contributed by atoms with E-state index in [0.717, 1.165) is 0 Å². The Morgan fingerprint density at radius 2 is 2.12 bits per heavy atom. The van der Waals surface area contributed by atoms with Gasteiger partial charge in [0.05, 0.1) is 40.7 Å². The van der Waals surface area contributed by atoms with Crippen molar-refractivity contribution in [3.8, 4) is 17.5 Å². The van der Waals surface area contributed by atoms with E-state index in [1.54, 1.807) is 36.4 Å². The lowest BCUT2D eigenvalue weighted by Crippen LogP contribution is -2.22. The monoisotopic (exact) mass is 385 g/mol. The van der Waals surface area contributed by atoms with E-state index < -0.39 is 0 Å². The highest BCUT2D eigenvalue weighted by Gasteiger charge is 2.15. The minimum atomic E-state index is -0.177. The van der Waals surface area contributed by atoms with Crippen LogP contribution in [0.5, 0.6) is 5.75 Å². The third-order valence-corrected chi connectivity index (χ3v) is 5.32. The molecule has 3 aromatic rings. The van der Waals surface area contributed by atoms with Gasteiger partial charge in [0.25, 0.3) is 5.56 Å². The maximum absolute atomic E-state index is 13.1. The molecule has 0 spiro atoms. The number of aromatic nitrogens is 2. The average Bonchev–Trinajstić information content (AvgIpc) is 2.66. The van der Waals surface area contributed by atoms with Crippen LogP contribution in [0.1, 0.15) is 6.92 Å². The fourth-order valence-corrected chi connectivity index (χ4v) is 3.67. The van der Waals surface area contributed by atoms with Crippen molar-refractivity contribution in [2.24, 2.45) is 5.92 Å². The highest BCUT2D eigenvalue weighted by Crippen LogP contribution is 2.29. The average molecular weight is 386 g/mol. The minimum absolute atomic E-state index is 0.156. The number of thioether (sulfide) groups is 1. The van der Waals surface area contributed by atoms with E-state index in [1.165, 1.54) is 23.4 Å². The van der Waals surface area contributed by atoms with Crippen LogP contribution in [0.2, 0.25) is 5.02 Å². The summed E-state index contributed by atoms with van der Waals surface area (Å²) in [5.41, 5.74) is 1.05.